The summed E-state index contributed by atoms with van der Waals surface area (Å²) in [6.07, 6.45) is 11.8. The van der Waals surface area contributed by atoms with Crippen LogP contribution in [0.2, 0.25) is 0 Å². The molecular weight excluding hydrogens is 456 g/mol. The molecule has 1 heterocycles. The van der Waals surface area contributed by atoms with Gasteiger partial charge in [0.2, 0.25) is 0 Å². The van der Waals surface area contributed by atoms with Crippen LogP contribution in [0.1, 0.15) is 79.1 Å². The molecule has 0 amide bonds. The van der Waals surface area contributed by atoms with E-state index in [1.165, 1.54) is 5.57 Å². The fraction of sp³-hybridized carbons (Fsp3) is 0.700. The molecule has 0 aromatic carbocycles. The van der Waals surface area contributed by atoms with Gasteiger partial charge in [0.25, 0.3) is 0 Å². The summed E-state index contributed by atoms with van der Waals surface area (Å²) in [5.41, 5.74) is 3.18. The smallest absolute Gasteiger partial charge is 0.145 e. The fourth-order valence-corrected chi connectivity index (χ4v) is 7.13. The molecule has 0 radical (unpaired) electrons. The summed E-state index contributed by atoms with van der Waals surface area (Å²) < 4.78 is 6.78. The molecule has 0 aromatic heterocycles. The lowest BCUT2D eigenvalue weighted by Gasteiger charge is -2.57. The number of ether oxygens (including phenoxy) is 1. The highest BCUT2D eigenvalue weighted by Crippen LogP contribution is 2.64. The molecule has 0 unspecified atom stereocenters. The summed E-state index contributed by atoms with van der Waals surface area (Å²) in [5.74, 6) is -0.104. The predicted molar refractivity (Wildman–Crippen MR) is 141 cm³/mol. The summed E-state index contributed by atoms with van der Waals surface area (Å²) in [7, 11) is 0. The van der Waals surface area contributed by atoms with Crippen molar-refractivity contribution in [3.63, 3.8) is 0 Å². The fourth-order valence-electron chi connectivity index (χ4n) is 7.13. The van der Waals surface area contributed by atoms with Gasteiger partial charge in [0.1, 0.15) is 6.29 Å². The Kier molecular flexibility index (Phi) is 9.92. The number of allylic oxidation sites excluding steroid dienone is 4. The number of aldehydes is 1. The zero-order valence-corrected chi connectivity index (χ0v) is 22.5. The molecule has 1 spiro atoms. The summed E-state index contributed by atoms with van der Waals surface area (Å²) >= 11 is 0. The number of carbonyl (C=O) groups is 1. The third-order valence-corrected chi connectivity index (χ3v) is 8.96. The van der Waals surface area contributed by atoms with E-state index in [0.717, 1.165) is 48.7 Å². The summed E-state index contributed by atoms with van der Waals surface area (Å²) in [6, 6.07) is 0. The van der Waals surface area contributed by atoms with Crippen LogP contribution in [0.25, 0.3) is 0 Å². The van der Waals surface area contributed by atoms with Gasteiger partial charge < -0.3 is 25.2 Å². The third-order valence-electron chi connectivity index (χ3n) is 8.96. The van der Waals surface area contributed by atoms with Gasteiger partial charge in [0.05, 0.1) is 31.0 Å². The zero-order chi connectivity index (χ0) is 26.5. The summed E-state index contributed by atoms with van der Waals surface area (Å²) in [4.78, 5) is 11.8. The Morgan fingerprint density at radius 1 is 1.19 bits per heavy atom. The van der Waals surface area contributed by atoms with Crippen LogP contribution in [0.3, 0.4) is 0 Å². The van der Waals surface area contributed by atoms with Crippen molar-refractivity contribution in [1.82, 2.24) is 0 Å². The first-order chi connectivity index (χ1) is 17.1. The molecule has 1 aliphatic heterocycles. The maximum absolute atomic E-state index is 11.9. The van der Waals surface area contributed by atoms with E-state index in [2.05, 4.69) is 19.9 Å². The number of aliphatic hydroxyl groups excluding tert-OH is 3. The van der Waals surface area contributed by atoms with Crippen LogP contribution < -0.4 is 0 Å². The van der Waals surface area contributed by atoms with Crippen LogP contribution in [0, 0.1) is 17.3 Å². The van der Waals surface area contributed by atoms with Gasteiger partial charge in [-0.15, -0.1) is 0 Å². The number of hydrogen-bond donors (Lipinski definition) is 4. The molecule has 6 nitrogen and oxygen atoms in total. The first-order valence-electron chi connectivity index (χ1n) is 13.5. The van der Waals surface area contributed by atoms with E-state index in [1.54, 1.807) is 0 Å². The van der Waals surface area contributed by atoms with Gasteiger partial charge in [0, 0.05) is 17.9 Å². The molecule has 0 saturated heterocycles. The topological polar surface area (TPSA) is 107 Å². The molecule has 2 saturated carbocycles. The highest BCUT2D eigenvalue weighted by molar-refractivity contribution is 5.74. The molecule has 0 bridgehead atoms. The van der Waals surface area contributed by atoms with Crippen LogP contribution in [0.4, 0.5) is 0 Å². The maximum Gasteiger partial charge on any atom is 0.145 e. The second kappa shape index (κ2) is 12.3. The minimum Gasteiger partial charge on any atom is -0.396 e. The monoisotopic (exact) mass is 502 g/mol. The van der Waals surface area contributed by atoms with Crippen molar-refractivity contribution < 1.29 is 30.0 Å². The first-order valence-corrected chi connectivity index (χ1v) is 13.5. The van der Waals surface area contributed by atoms with Gasteiger partial charge in [-0.25, -0.2) is 0 Å². The molecule has 0 aromatic rings. The number of fused-ring (bicyclic) bond motifs is 2. The van der Waals surface area contributed by atoms with Crippen LogP contribution in [-0.4, -0.2) is 64.3 Å². The Labute approximate surface area is 216 Å². The van der Waals surface area contributed by atoms with Crippen LogP contribution >= 0.6 is 0 Å². The number of carbonyl (C=O) groups excluding carboxylic acids is 1. The second-order valence-electron chi connectivity index (χ2n) is 11.4. The van der Waals surface area contributed by atoms with Crippen molar-refractivity contribution in [1.29, 1.82) is 0 Å². The Balaban J connectivity index is 2.05. The van der Waals surface area contributed by atoms with E-state index in [9.17, 15) is 25.2 Å². The highest BCUT2D eigenvalue weighted by Gasteiger charge is 2.65. The minimum atomic E-state index is -1.02. The predicted octanol–water partition coefficient (Wildman–Crippen LogP) is 4.18. The molecule has 6 heteroatoms. The molecule has 202 valence electrons. The Bertz CT molecular complexity index is 906. The van der Waals surface area contributed by atoms with Crippen molar-refractivity contribution in [3.8, 4) is 0 Å². The third kappa shape index (κ3) is 5.63. The lowest BCUT2D eigenvalue weighted by Crippen LogP contribution is -2.61. The van der Waals surface area contributed by atoms with Gasteiger partial charge in [-0.05, 0) is 102 Å². The average molecular weight is 503 g/mol. The van der Waals surface area contributed by atoms with Gasteiger partial charge >= 0.3 is 0 Å². The van der Waals surface area contributed by atoms with E-state index in [4.69, 9.17) is 4.74 Å². The van der Waals surface area contributed by atoms with Crippen molar-refractivity contribution in [3.05, 3.63) is 46.1 Å². The van der Waals surface area contributed by atoms with Crippen LogP contribution in [-0.2, 0) is 9.53 Å². The Morgan fingerprint density at radius 2 is 1.94 bits per heavy atom. The number of rotatable bonds is 10. The Morgan fingerprint density at radius 3 is 2.56 bits per heavy atom. The number of aliphatic hydroxyl groups is 4. The lowest BCUT2D eigenvalue weighted by atomic mass is 9.52. The molecule has 2 fully saturated rings. The van der Waals surface area contributed by atoms with E-state index in [-0.39, 0.29) is 37.8 Å². The van der Waals surface area contributed by atoms with Gasteiger partial charge in [0.15, 0.2) is 0 Å². The molecule has 2 aliphatic carbocycles. The normalized spacial score (nSPS) is 35.9. The largest absolute Gasteiger partial charge is 0.396 e. The maximum atomic E-state index is 11.9. The van der Waals surface area contributed by atoms with Crippen molar-refractivity contribution in [2.24, 2.45) is 17.3 Å². The SMILES string of the molecule is CC(C)=CCC/C(=C\[C@H]1C=C(CO)[C@@H]2CC[C@]3([C@H](CCCO)/C(=C(\C)C=O)CC[C@]3(C)O)[C@@H]2O1)CO. The molecule has 3 aliphatic rings. The van der Waals surface area contributed by atoms with E-state index in [1.807, 2.05) is 26.0 Å². The number of hydrogen-bond acceptors (Lipinski definition) is 6. The van der Waals surface area contributed by atoms with Crippen molar-refractivity contribution in [2.75, 3.05) is 19.8 Å². The first kappa shape index (κ1) is 29.0. The quantitative estimate of drug-likeness (QED) is 0.203. The van der Waals surface area contributed by atoms with Crippen molar-refractivity contribution in [2.45, 2.75) is 96.9 Å². The minimum absolute atomic E-state index is 0.0121. The Hall–Kier alpha value is -1.57. The molecule has 6 atom stereocenters. The summed E-state index contributed by atoms with van der Waals surface area (Å²) in [5, 5.41) is 41.9. The molecule has 4 N–H and O–H groups in total. The van der Waals surface area contributed by atoms with Gasteiger partial charge in [-0.2, -0.15) is 0 Å². The van der Waals surface area contributed by atoms with E-state index in [0.29, 0.717) is 31.3 Å². The highest BCUT2D eigenvalue weighted by atomic mass is 16.5. The zero-order valence-electron chi connectivity index (χ0n) is 22.5. The van der Waals surface area contributed by atoms with Crippen LogP contribution in [0.5, 0.6) is 0 Å². The average Bonchev–Trinajstić information content (AvgIpc) is 3.24. The lowest BCUT2D eigenvalue weighted by molar-refractivity contribution is -0.190. The standard InChI is InChI=1S/C30H46O6/c1-20(2)7-5-8-22(18-33)15-24-16-23(19-34)26-11-13-30(28(26)36-24)27(9-6-14-31)25(21(3)17-32)10-12-29(30,4)35/h7,15-17,24,26-28,31,33-35H,5-6,8-14,18-19H2,1-4H3/b22-15+,25-21+/t24-,26-,27+,28+,29-,30-/m0/s1. The van der Waals surface area contributed by atoms with E-state index < -0.39 is 17.1 Å². The van der Waals surface area contributed by atoms with Gasteiger partial charge in [-0.3, -0.25) is 4.79 Å². The van der Waals surface area contributed by atoms with Crippen LogP contribution in [0.15, 0.2) is 46.1 Å². The van der Waals surface area contributed by atoms with Crippen molar-refractivity contribution >= 4 is 6.29 Å². The van der Waals surface area contributed by atoms with E-state index >= 15 is 0 Å². The molecule has 3 rings (SSSR count). The summed E-state index contributed by atoms with van der Waals surface area (Å²) in [6.45, 7) is 7.78. The second-order valence-corrected chi connectivity index (χ2v) is 11.4. The molecule has 36 heavy (non-hydrogen) atoms. The van der Waals surface area contributed by atoms with Gasteiger partial charge in [-0.1, -0.05) is 29.4 Å². The molecular formula is C30H46O6.